The van der Waals surface area contributed by atoms with Gasteiger partial charge in [0.25, 0.3) is 0 Å². The zero-order valence-electron chi connectivity index (χ0n) is 11.1. The zero-order chi connectivity index (χ0) is 14.1. The molecule has 1 N–H and O–H groups in total. The number of aromatic nitrogens is 3. The number of fused-ring (bicyclic) bond motifs is 1. The number of imidazole rings is 1. The Balaban J connectivity index is 2.30. The molecule has 1 aromatic carbocycles. The first kappa shape index (κ1) is 12.7. The third-order valence-corrected chi connectivity index (χ3v) is 3.32. The summed E-state index contributed by atoms with van der Waals surface area (Å²) in [7, 11) is 3.23. The van der Waals surface area contributed by atoms with Crippen LogP contribution in [0.25, 0.3) is 16.9 Å². The molecule has 5 nitrogen and oxygen atoms in total. The van der Waals surface area contributed by atoms with Gasteiger partial charge in [-0.2, -0.15) is 0 Å². The van der Waals surface area contributed by atoms with Gasteiger partial charge in [-0.3, -0.25) is 4.57 Å². The second-order valence-corrected chi connectivity index (χ2v) is 4.60. The molecule has 0 aliphatic rings. The van der Waals surface area contributed by atoms with Crippen LogP contribution < -0.4 is 9.47 Å². The summed E-state index contributed by atoms with van der Waals surface area (Å²) in [6.45, 7) is 0. The molecule has 0 radical (unpaired) electrons. The summed E-state index contributed by atoms with van der Waals surface area (Å²) in [5.41, 5.74) is 2.50. The molecule has 3 aromatic rings. The highest BCUT2D eigenvalue weighted by molar-refractivity contribution is 7.71. The number of nitrogens with zero attached hydrogens (tertiary/aromatic N) is 2. The Bertz CT molecular complexity index is 800. The molecule has 20 heavy (non-hydrogen) atoms. The van der Waals surface area contributed by atoms with Gasteiger partial charge < -0.3 is 14.5 Å². The molecule has 0 unspecified atom stereocenters. The highest BCUT2D eigenvalue weighted by Crippen LogP contribution is 2.27. The monoisotopic (exact) mass is 287 g/mol. The van der Waals surface area contributed by atoms with E-state index in [9.17, 15) is 0 Å². The fourth-order valence-electron chi connectivity index (χ4n) is 2.10. The third-order valence-electron chi connectivity index (χ3n) is 3.04. The molecular formula is C14H13N3O2S. The van der Waals surface area contributed by atoms with Crippen LogP contribution in [0.2, 0.25) is 0 Å². The summed E-state index contributed by atoms with van der Waals surface area (Å²) in [6.07, 6.45) is 1.73. The van der Waals surface area contributed by atoms with Crippen LogP contribution in [-0.4, -0.2) is 28.8 Å². The SMILES string of the molecule is COc1cc(OC)cc(-n2c(=S)[nH]c3cccnc32)c1. The molecule has 3 rings (SSSR count). The third kappa shape index (κ3) is 2.04. The number of H-pyrrole nitrogens is 1. The number of ether oxygens (including phenoxy) is 2. The van der Waals surface area contributed by atoms with Crippen LogP contribution in [-0.2, 0) is 0 Å². The molecule has 102 valence electrons. The van der Waals surface area contributed by atoms with Crippen molar-refractivity contribution in [1.29, 1.82) is 0 Å². The van der Waals surface area contributed by atoms with Gasteiger partial charge in [0.05, 0.1) is 25.4 Å². The Morgan fingerprint density at radius 2 is 1.85 bits per heavy atom. The van der Waals surface area contributed by atoms with Crippen molar-refractivity contribution in [3.63, 3.8) is 0 Å². The molecule has 6 heteroatoms. The zero-order valence-corrected chi connectivity index (χ0v) is 11.9. The van der Waals surface area contributed by atoms with E-state index in [1.165, 1.54) is 0 Å². The first-order chi connectivity index (χ1) is 9.72. The first-order valence-electron chi connectivity index (χ1n) is 6.02. The van der Waals surface area contributed by atoms with Crippen LogP contribution in [0.5, 0.6) is 11.5 Å². The summed E-state index contributed by atoms with van der Waals surface area (Å²) < 4.78 is 13.0. The summed E-state index contributed by atoms with van der Waals surface area (Å²) in [6, 6.07) is 9.39. The van der Waals surface area contributed by atoms with Gasteiger partial charge in [0.15, 0.2) is 10.4 Å². The molecule has 0 aliphatic heterocycles. The van der Waals surface area contributed by atoms with E-state index in [1.807, 2.05) is 34.9 Å². The number of methoxy groups -OCH3 is 2. The van der Waals surface area contributed by atoms with Crippen molar-refractivity contribution in [2.45, 2.75) is 0 Å². The van der Waals surface area contributed by atoms with Crippen LogP contribution in [0.15, 0.2) is 36.5 Å². The van der Waals surface area contributed by atoms with E-state index >= 15 is 0 Å². The van der Waals surface area contributed by atoms with Crippen molar-refractivity contribution in [3.05, 3.63) is 41.3 Å². The van der Waals surface area contributed by atoms with Crippen molar-refractivity contribution in [2.75, 3.05) is 14.2 Å². The fraction of sp³-hybridized carbons (Fsp3) is 0.143. The van der Waals surface area contributed by atoms with Crippen molar-refractivity contribution in [2.24, 2.45) is 0 Å². The Morgan fingerprint density at radius 1 is 1.15 bits per heavy atom. The molecule has 0 saturated heterocycles. The minimum Gasteiger partial charge on any atom is -0.497 e. The number of hydrogen-bond acceptors (Lipinski definition) is 4. The molecule has 0 fully saturated rings. The van der Waals surface area contributed by atoms with E-state index < -0.39 is 0 Å². The van der Waals surface area contributed by atoms with Crippen LogP contribution in [0.4, 0.5) is 0 Å². The maximum absolute atomic E-state index is 5.38. The van der Waals surface area contributed by atoms with Gasteiger partial charge in [-0.15, -0.1) is 0 Å². The number of pyridine rings is 1. The summed E-state index contributed by atoms with van der Waals surface area (Å²) in [5.74, 6) is 1.40. The van der Waals surface area contributed by atoms with Gasteiger partial charge in [0, 0.05) is 24.4 Å². The van der Waals surface area contributed by atoms with E-state index in [2.05, 4.69) is 9.97 Å². The van der Waals surface area contributed by atoms with E-state index in [-0.39, 0.29) is 0 Å². The van der Waals surface area contributed by atoms with Crippen molar-refractivity contribution in [3.8, 4) is 17.2 Å². The molecular weight excluding hydrogens is 274 g/mol. The van der Waals surface area contributed by atoms with E-state index in [1.54, 1.807) is 20.4 Å². The summed E-state index contributed by atoms with van der Waals surface area (Å²) >= 11 is 5.38. The minimum absolute atomic E-state index is 0.578. The van der Waals surface area contributed by atoms with E-state index in [0.717, 1.165) is 16.9 Å². The van der Waals surface area contributed by atoms with Crippen LogP contribution in [0, 0.1) is 4.77 Å². The number of hydrogen-bond donors (Lipinski definition) is 1. The molecule has 0 aliphatic carbocycles. The second-order valence-electron chi connectivity index (χ2n) is 4.21. The highest BCUT2D eigenvalue weighted by Gasteiger charge is 2.10. The van der Waals surface area contributed by atoms with Crippen molar-refractivity contribution in [1.82, 2.24) is 14.5 Å². The topological polar surface area (TPSA) is 52.1 Å². The average molecular weight is 287 g/mol. The molecule has 0 spiro atoms. The minimum atomic E-state index is 0.578. The van der Waals surface area contributed by atoms with Gasteiger partial charge in [0.2, 0.25) is 0 Å². The van der Waals surface area contributed by atoms with Crippen LogP contribution in [0.3, 0.4) is 0 Å². The van der Waals surface area contributed by atoms with Crippen molar-refractivity contribution < 1.29 is 9.47 Å². The van der Waals surface area contributed by atoms with Crippen LogP contribution in [0.1, 0.15) is 0 Å². The fourth-order valence-corrected chi connectivity index (χ4v) is 2.40. The van der Waals surface area contributed by atoms with Gasteiger partial charge in [0.1, 0.15) is 11.5 Å². The van der Waals surface area contributed by atoms with Gasteiger partial charge in [-0.05, 0) is 24.4 Å². The first-order valence-corrected chi connectivity index (χ1v) is 6.43. The van der Waals surface area contributed by atoms with Crippen LogP contribution >= 0.6 is 12.2 Å². The maximum atomic E-state index is 5.38. The number of rotatable bonds is 3. The lowest BCUT2D eigenvalue weighted by Gasteiger charge is -2.09. The molecule has 0 saturated carbocycles. The average Bonchev–Trinajstić information content (AvgIpc) is 2.82. The molecule has 0 atom stereocenters. The number of nitrogens with one attached hydrogen (secondary N) is 1. The predicted molar refractivity (Wildman–Crippen MR) is 79.4 cm³/mol. The Morgan fingerprint density at radius 3 is 2.50 bits per heavy atom. The molecule has 2 aromatic heterocycles. The van der Waals surface area contributed by atoms with Crippen molar-refractivity contribution >= 4 is 23.4 Å². The Hall–Kier alpha value is -2.34. The normalized spacial score (nSPS) is 10.7. The molecule has 0 bridgehead atoms. The van der Waals surface area contributed by atoms with Gasteiger partial charge in [-0.25, -0.2) is 4.98 Å². The summed E-state index contributed by atoms with van der Waals surface area (Å²) in [5, 5.41) is 0. The molecule has 2 heterocycles. The quantitative estimate of drug-likeness (QED) is 0.752. The number of aromatic amines is 1. The standard InChI is InChI=1S/C14H13N3O2S/c1-18-10-6-9(7-11(8-10)19-2)17-13-12(16-14(17)20)4-3-5-15-13/h3-8H,1-2H3,(H,16,20). The molecule has 0 amide bonds. The largest absolute Gasteiger partial charge is 0.497 e. The smallest absolute Gasteiger partial charge is 0.184 e. The van der Waals surface area contributed by atoms with Gasteiger partial charge in [-0.1, -0.05) is 0 Å². The van der Waals surface area contributed by atoms with E-state index in [4.69, 9.17) is 21.7 Å². The predicted octanol–water partition coefficient (Wildman–Crippen LogP) is 3.10. The number of benzene rings is 1. The van der Waals surface area contributed by atoms with E-state index in [0.29, 0.717) is 16.3 Å². The highest BCUT2D eigenvalue weighted by atomic mass is 32.1. The lowest BCUT2D eigenvalue weighted by Crippen LogP contribution is -1.97. The lowest BCUT2D eigenvalue weighted by atomic mass is 10.2. The van der Waals surface area contributed by atoms with Gasteiger partial charge >= 0.3 is 0 Å². The Labute approximate surface area is 120 Å². The Kier molecular flexibility index (Phi) is 3.15. The second kappa shape index (κ2) is 4.97. The maximum Gasteiger partial charge on any atom is 0.184 e. The summed E-state index contributed by atoms with van der Waals surface area (Å²) in [4.78, 5) is 7.51. The lowest BCUT2D eigenvalue weighted by molar-refractivity contribution is 0.394.